The first-order valence-corrected chi connectivity index (χ1v) is 12.7. The summed E-state index contributed by atoms with van der Waals surface area (Å²) in [4.78, 5) is 33.2. The number of carboxylic acid groups (broad SMARTS) is 1. The number of hydrogen-bond donors (Lipinski definition) is 1. The van der Waals surface area contributed by atoms with Crippen LogP contribution in [-0.2, 0) is 6.54 Å². The van der Waals surface area contributed by atoms with Crippen molar-refractivity contribution in [3.63, 3.8) is 0 Å². The molecular weight excluding hydrogens is 497 g/mol. The molecule has 0 unspecified atom stereocenters. The van der Waals surface area contributed by atoms with E-state index < -0.39 is 22.8 Å². The quantitative estimate of drug-likeness (QED) is 0.355. The number of nitrogens with zero attached hydrogens (tertiary/aromatic N) is 5. The maximum atomic E-state index is 15.4. The van der Waals surface area contributed by atoms with E-state index >= 15 is 4.39 Å². The molecule has 9 heteroatoms. The van der Waals surface area contributed by atoms with Crippen LogP contribution in [0.2, 0.25) is 0 Å². The molecule has 196 valence electrons. The van der Waals surface area contributed by atoms with Crippen LogP contribution in [0.3, 0.4) is 0 Å². The van der Waals surface area contributed by atoms with Crippen LogP contribution in [0.15, 0.2) is 96.4 Å². The minimum Gasteiger partial charge on any atom is -0.477 e. The molecule has 39 heavy (non-hydrogen) atoms. The molecule has 1 fully saturated rings. The van der Waals surface area contributed by atoms with Gasteiger partial charge in [0.05, 0.1) is 17.5 Å². The number of carbonyl (C=O) groups is 1. The highest BCUT2D eigenvalue weighted by Crippen LogP contribution is 2.29. The average molecular weight is 524 g/mol. The summed E-state index contributed by atoms with van der Waals surface area (Å²) in [5.41, 5.74) is 2.56. The van der Waals surface area contributed by atoms with Gasteiger partial charge in [0.2, 0.25) is 5.43 Å². The number of piperazine rings is 1. The minimum atomic E-state index is -1.35. The topological polar surface area (TPSA) is 83.6 Å². The third kappa shape index (κ3) is 4.74. The largest absolute Gasteiger partial charge is 0.477 e. The summed E-state index contributed by atoms with van der Waals surface area (Å²) >= 11 is 0. The highest BCUT2D eigenvalue weighted by molar-refractivity contribution is 5.94. The second-order valence-corrected chi connectivity index (χ2v) is 9.58. The van der Waals surface area contributed by atoms with Gasteiger partial charge in [-0.25, -0.2) is 14.2 Å². The molecular formula is C30H26FN5O3. The van der Waals surface area contributed by atoms with Crippen LogP contribution in [0.4, 0.5) is 15.8 Å². The van der Waals surface area contributed by atoms with Crippen LogP contribution < -0.4 is 15.2 Å². The first kappa shape index (κ1) is 24.4. The predicted molar refractivity (Wildman–Crippen MR) is 149 cm³/mol. The van der Waals surface area contributed by atoms with Crippen molar-refractivity contribution in [2.24, 2.45) is 0 Å². The van der Waals surface area contributed by atoms with Gasteiger partial charge in [-0.3, -0.25) is 4.79 Å². The summed E-state index contributed by atoms with van der Waals surface area (Å²) in [7, 11) is 0. The maximum absolute atomic E-state index is 15.4. The third-order valence-electron chi connectivity index (χ3n) is 7.18. The van der Waals surface area contributed by atoms with Crippen molar-refractivity contribution in [2.75, 3.05) is 36.0 Å². The first-order valence-electron chi connectivity index (χ1n) is 12.7. The SMILES string of the molecule is O=C(O)c1cn(-c2ccc(Cn3ccnc3)cc2)c2cc(N3CCN(c4ccccc4)CC3)c(F)cc2c1=O. The molecule has 5 aromatic rings. The van der Waals surface area contributed by atoms with Gasteiger partial charge < -0.3 is 24.0 Å². The lowest BCUT2D eigenvalue weighted by Crippen LogP contribution is -2.46. The summed E-state index contributed by atoms with van der Waals surface area (Å²) in [6, 6.07) is 20.5. The smallest absolute Gasteiger partial charge is 0.341 e. The monoisotopic (exact) mass is 523 g/mol. The lowest BCUT2D eigenvalue weighted by atomic mass is 10.1. The summed E-state index contributed by atoms with van der Waals surface area (Å²) < 4.78 is 19.0. The standard InChI is InChI=1S/C30H26FN5O3/c31-26-16-24-27(17-28(26)35-14-12-34(13-15-35)22-4-2-1-3-5-22)36(19-25(29(24)37)30(38)39)23-8-6-21(7-9-23)18-33-11-10-32-20-33/h1-11,16-17,19-20H,12-15,18H2,(H,38,39). The van der Waals surface area contributed by atoms with Crippen LogP contribution in [-0.4, -0.2) is 51.4 Å². The second-order valence-electron chi connectivity index (χ2n) is 9.58. The number of hydrogen-bond acceptors (Lipinski definition) is 5. The van der Waals surface area contributed by atoms with Crippen molar-refractivity contribution in [2.45, 2.75) is 6.54 Å². The van der Waals surface area contributed by atoms with E-state index in [2.05, 4.69) is 22.0 Å². The number of anilines is 2. The summed E-state index contributed by atoms with van der Waals surface area (Å²) in [5.74, 6) is -1.90. The van der Waals surface area contributed by atoms with E-state index in [0.29, 0.717) is 36.5 Å². The normalized spacial score (nSPS) is 13.7. The van der Waals surface area contributed by atoms with Gasteiger partial charge in [-0.1, -0.05) is 30.3 Å². The van der Waals surface area contributed by atoms with Crippen LogP contribution in [0, 0.1) is 5.82 Å². The number of para-hydroxylation sites is 1. The number of imidazole rings is 1. The fourth-order valence-electron chi connectivity index (χ4n) is 5.14. The number of carboxylic acids is 1. The molecule has 0 aliphatic carbocycles. The van der Waals surface area contributed by atoms with E-state index in [-0.39, 0.29) is 5.39 Å². The van der Waals surface area contributed by atoms with Gasteiger partial charge in [-0.2, -0.15) is 0 Å². The molecule has 0 atom stereocenters. The van der Waals surface area contributed by atoms with E-state index in [1.165, 1.54) is 12.3 Å². The molecule has 6 rings (SSSR count). The van der Waals surface area contributed by atoms with Gasteiger partial charge in [0.15, 0.2) is 0 Å². The van der Waals surface area contributed by atoms with E-state index in [0.717, 1.165) is 24.3 Å². The van der Waals surface area contributed by atoms with Crippen molar-refractivity contribution in [3.8, 4) is 5.69 Å². The van der Waals surface area contributed by atoms with Crippen molar-refractivity contribution < 1.29 is 14.3 Å². The van der Waals surface area contributed by atoms with Crippen molar-refractivity contribution in [1.29, 1.82) is 0 Å². The fourth-order valence-corrected chi connectivity index (χ4v) is 5.14. The fraction of sp³-hybridized carbons (Fsp3) is 0.167. The molecule has 0 radical (unpaired) electrons. The summed E-state index contributed by atoms with van der Waals surface area (Å²) in [5, 5.41) is 9.73. The van der Waals surface area contributed by atoms with Gasteiger partial charge in [0, 0.05) is 68.1 Å². The Kier molecular flexibility index (Phi) is 6.32. The zero-order valence-corrected chi connectivity index (χ0v) is 21.1. The van der Waals surface area contributed by atoms with Crippen LogP contribution in [0.5, 0.6) is 0 Å². The molecule has 8 nitrogen and oxygen atoms in total. The zero-order valence-electron chi connectivity index (χ0n) is 21.1. The van der Waals surface area contributed by atoms with E-state index in [9.17, 15) is 14.7 Å². The first-order chi connectivity index (χ1) is 19.0. The van der Waals surface area contributed by atoms with E-state index in [1.807, 2.05) is 58.1 Å². The Balaban J connectivity index is 1.38. The van der Waals surface area contributed by atoms with E-state index in [1.54, 1.807) is 23.2 Å². The predicted octanol–water partition coefficient (Wildman–Crippen LogP) is 4.40. The van der Waals surface area contributed by atoms with Crippen molar-refractivity contribution in [3.05, 3.63) is 119 Å². The molecule has 0 bridgehead atoms. The van der Waals surface area contributed by atoms with Gasteiger partial charge in [0.1, 0.15) is 11.4 Å². The van der Waals surface area contributed by atoms with Crippen LogP contribution in [0.25, 0.3) is 16.6 Å². The van der Waals surface area contributed by atoms with Crippen molar-refractivity contribution in [1.82, 2.24) is 14.1 Å². The molecule has 1 aliphatic rings. The van der Waals surface area contributed by atoms with Gasteiger partial charge in [-0.05, 0) is 42.0 Å². The minimum absolute atomic E-state index is 0.0292. The lowest BCUT2D eigenvalue weighted by molar-refractivity contribution is 0.0695. The third-order valence-corrected chi connectivity index (χ3v) is 7.18. The second kappa shape index (κ2) is 10.1. The Labute approximate surface area is 223 Å². The van der Waals surface area contributed by atoms with E-state index in [4.69, 9.17) is 0 Å². The van der Waals surface area contributed by atoms with Gasteiger partial charge in [-0.15, -0.1) is 0 Å². The summed E-state index contributed by atoms with van der Waals surface area (Å²) in [6.07, 6.45) is 6.65. The molecule has 1 N–H and O–H groups in total. The molecule has 1 aliphatic heterocycles. The maximum Gasteiger partial charge on any atom is 0.341 e. The summed E-state index contributed by atoms with van der Waals surface area (Å²) in [6.45, 7) is 3.31. The Morgan fingerprint density at radius 2 is 1.64 bits per heavy atom. The zero-order chi connectivity index (χ0) is 26.9. The van der Waals surface area contributed by atoms with Crippen molar-refractivity contribution >= 4 is 28.2 Å². The highest BCUT2D eigenvalue weighted by Gasteiger charge is 2.23. The Bertz CT molecular complexity index is 1690. The number of aromatic nitrogens is 3. The molecule has 2 aromatic heterocycles. The number of halogens is 1. The lowest BCUT2D eigenvalue weighted by Gasteiger charge is -2.37. The molecule has 3 heterocycles. The number of aromatic carboxylic acids is 1. The Hall–Kier alpha value is -4.92. The van der Waals surface area contributed by atoms with Gasteiger partial charge >= 0.3 is 5.97 Å². The average Bonchev–Trinajstić information content (AvgIpc) is 3.47. The number of fused-ring (bicyclic) bond motifs is 1. The molecule has 1 saturated heterocycles. The number of benzene rings is 3. The molecule has 0 saturated carbocycles. The van der Waals surface area contributed by atoms with Gasteiger partial charge in [0.25, 0.3) is 0 Å². The molecule has 3 aromatic carbocycles. The molecule has 0 amide bonds. The van der Waals surface area contributed by atoms with Crippen LogP contribution >= 0.6 is 0 Å². The Morgan fingerprint density at radius 1 is 0.923 bits per heavy atom. The number of rotatable bonds is 6. The molecule has 0 spiro atoms. The Morgan fingerprint density at radius 3 is 2.31 bits per heavy atom. The number of pyridine rings is 1. The van der Waals surface area contributed by atoms with Crippen LogP contribution in [0.1, 0.15) is 15.9 Å². The highest BCUT2D eigenvalue weighted by atomic mass is 19.1.